The minimum Gasteiger partial charge on any atom is -0.465 e. The molecule has 0 unspecified atom stereocenters. The van der Waals surface area contributed by atoms with Gasteiger partial charge >= 0.3 is 6.09 Å². The van der Waals surface area contributed by atoms with Crippen LogP contribution < -0.4 is 11.1 Å². The zero-order valence-corrected chi connectivity index (χ0v) is 6.41. The standard InChI is InChI=1S/C7H10N2O3/c8-3-5-1-2-6(12-5)4-9-7(10)11/h1-2,9H,3-4,8H2,(H,10,11). The van der Waals surface area contributed by atoms with E-state index >= 15 is 0 Å². The van der Waals surface area contributed by atoms with Gasteiger partial charge in [0.25, 0.3) is 0 Å². The molecule has 1 aromatic heterocycles. The summed E-state index contributed by atoms with van der Waals surface area (Å²) in [5.41, 5.74) is 5.29. The Kier molecular flexibility index (Phi) is 2.71. The predicted molar refractivity (Wildman–Crippen MR) is 41.5 cm³/mol. The van der Waals surface area contributed by atoms with E-state index in [2.05, 4.69) is 5.32 Å². The van der Waals surface area contributed by atoms with Crippen LogP contribution in [0.3, 0.4) is 0 Å². The van der Waals surface area contributed by atoms with Crippen molar-refractivity contribution < 1.29 is 14.3 Å². The van der Waals surface area contributed by atoms with Gasteiger partial charge in [0, 0.05) is 0 Å². The van der Waals surface area contributed by atoms with Gasteiger partial charge in [-0.25, -0.2) is 4.79 Å². The van der Waals surface area contributed by atoms with E-state index in [0.29, 0.717) is 18.1 Å². The highest BCUT2D eigenvalue weighted by Gasteiger charge is 2.01. The van der Waals surface area contributed by atoms with E-state index in [9.17, 15) is 4.79 Å². The van der Waals surface area contributed by atoms with Crippen molar-refractivity contribution in [2.75, 3.05) is 0 Å². The lowest BCUT2D eigenvalue weighted by molar-refractivity contribution is 0.193. The van der Waals surface area contributed by atoms with Gasteiger partial charge in [-0.15, -0.1) is 0 Å². The molecule has 0 saturated carbocycles. The van der Waals surface area contributed by atoms with E-state index in [1.807, 2.05) is 0 Å². The fourth-order valence-corrected chi connectivity index (χ4v) is 0.790. The molecule has 4 N–H and O–H groups in total. The zero-order chi connectivity index (χ0) is 8.97. The molecule has 12 heavy (non-hydrogen) atoms. The van der Waals surface area contributed by atoms with Gasteiger partial charge in [-0.3, -0.25) is 0 Å². The molecule has 1 aromatic rings. The molecule has 1 rings (SSSR count). The number of nitrogens with one attached hydrogen (secondary N) is 1. The first-order valence-corrected chi connectivity index (χ1v) is 3.47. The number of hydrogen-bond donors (Lipinski definition) is 3. The third-order valence-corrected chi connectivity index (χ3v) is 1.33. The third-order valence-electron chi connectivity index (χ3n) is 1.33. The molecule has 0 aliphatic heterocycles. The molecule has 0 spiro atoms. The Bertz CT molecular complexity index is 269. The summed E-state index contributed by atoms with van der Waals surface area (Å²) in [6.07, 6.45) is -1.07. The van der Waals surface area contributed by atoms with Crippen molar-refractivity contribution in [1.82, 2.24) is 5.32 Å². The molecule has 0 aliphatic rings. The van der Waals surface area contributed by atoms with Gasteiger partial charge in [-0.05, 0) is 12.1 Å². The second-order valence-electron chi connectivity index (χ2n) is 2.23. The van der Waals surface area contributed by atoms with Crippen LogP contribution in [0.1, 0.15) is 11.5 Å². The summed E-state index contributed by atoms with van der Waals surface area (Å²) in [4.78, 5) is 10.1. The Morgan fingerprint density at radius 1 is 1.58 bits per heavy atom. The Morgan fingerprint density at radius 2 is 2.25 bits per heavy atom. The molecule has 0 aromatic carbocycles. The molecular weight excluding hydrogens is 160 g/mol. The van der Waals surface area contributed by atoms with Crippen molar-refractivity contribution in [3.05, 3.63) is 23.7 Å². The fraction of sp³-hybridized carbons (Fsp3) is 0.286. The minimum atomic E-state index is -1.07. The first-order valence-electron chi connectivity index (χ1n) is 3.47. The number of hydrogen-bond acceptors (Lipinski definition) is 3. The van der Waals surface area contributed by atoms with E-state index in [4.69, 9.17) is 15.3 Å². The minimum absolute atomic E-state index is 0.176. The second kappa shape index (κ2) is 3.77. The lowest BCUT2D eigenvalue weighted by Gasteiger charge is -1.95. The smallest absolute Gasteiger partial charge is 0.405 e. The quantitative estimate of drug-likeness (QED) is 0.616. The lowest BCUT2D eigenvalue weighted by atomic mass is 10.4. The Morgan fingerprint density at radius 3 is 2.75 bits per heavy atom. The van der Waals surface area contributed by atoms with Crippen LogP contribution in [0.15, 0.2) is 16.5 Å². The molecule has 0 bridgehead atoms. The number of carboxylic acid groups (broad SMARTS) is 1. The molecular formula is C7H10N2O3. The fourth-order valence-electron chi connectivity index (χ4n) is 0.790. The SMILES string of the molecule is NCc1ccc(CNC(=O)O)o1. The van der Waals surface area contributed by atoms with E-state index < -0.39 is 6.09 Å². The average molecular weight is 170 g/mol. The van der Waals surface area contributed by atoms with Gasteiger partial charge in [0.1, 0.15) is 11.5 Å². The number of carbonyl (C=O) groups is 1. The molecule has 5 heteroatoms. The van der Waals surface area contributed by atoms with Crippen molar-refractivity contribution in [2.45, 2.75) is 13.1 Å². The molecule has 0 aliphatic carbocycles. The molecule has 1 amide bonds. The Labute approximate surface area is 69.2 Å². The first-order chi connectivity index (χ1) is 5.72. The number of furan rings is 1. The highest BCUT2D eigenvalue weighted by molar-refractivity contribution is 5.64. The van der Waals surface area contributed by atoms with Crippen LogP contribution in [0.5, 0.6) is 0 Å². The molecule has 0 fully saturated rings. The topological polar surface area (TPSA) is 88.5 Å². The van der Waals surface area contributed by atoms with Gasteiger partial charge in [0.05, 0.1) is 13.1 Å². The van der Waals surface area contributed by atoms with Gasteiger partial charge in [0.2, 0.25) is 0 Å². The first kappa shape index (κ1) is 8.61. The van der Waals surface area contributed by atoms with E-state index in [0.717, 1.165) is 0 Å². The maximum absolute atomic E-state index is 10.1. The van der Waals surface area contributed by atoms with Crippen LogP contribution >= 0.6 is 0 Å². The molecule has 0 radical (unpaired) electrons. The van der Waals surface area contributed by atoms with E-state index in [-0.39, 0.29) is 6.54 Å². The predicted octanol–water partition coefficient (Wildman–Crippen LogP) is 0.506. The summed E-state index contributed by atoms with van der Waals surface area (Å²) in [6.45, 7) is 0.502. The maximum Gasteiger partial charge on any atom is 0.405 e. The molecule has 1 heterocycles. The largest absolute Gasteiger partial charge is 0.465 e. The highest BCUT2D eigenvalue weighted by Crippen LogP contribution is 2.05. The second-order valence-corrected chi connectivity index (χ2v) is 2.23. The maximum atomic E-state index is 10.1. The van der Waals surface area contributed by atoms with Crippen LogP contribution in [0, 0.1) is 0 Å². The van der Waals surface area contributed by atoms with Crippen LogP contribution in [0.25, 0.3) is 0 Å². The van der Waals surface area contributed by atoms with Crippen LogP contribution in [-0.2, 0) is 13.1 Å². The van der Waals surface area contributed by atoms with E-state index in [1.165, 1.54) is 0 Å². The molecule has 0 atom stereocenters. The Balaban J connectivity index is 2.47. The van der Waals surface area contributed by atoms with Gasteiger partial charge < -0.3 is 20.6 Å². The van der Waals surface area contributed by atoms with Gasteiger partial charge in [0.15, 0.2) is 0 Å². The average Bonchev–Trinajstić information content (AvgIpc) is 2.48. The van der Waals surface area contributed by atoms with Crippen molar-refractivity contribution in [3.63, 3.8) is 0 Å². The Hall–Kier alpha value is -1.49. The number of amides is 1. The summed E-state index contributed by atoms with van der Waals surface area (Å²) in [5.74, 6) is 1.22. The van der Waals surface area contributed by atoms with Crippen molar-refractivity contribution in [1.29, 1.82) is 0 Å². The summed E-state index contributed by atoms with van der Waals surface area (Å²) in [6, 6.07) is 3.41. The van der Waals surface area contributed by atoms with Crippen molar-refractivity contribution in [3.8, 4) is 0 Å². The van der Waals surface area contributed by atoms with Gasteiger partial charge in [-0.1, -0.05) is 0 Å². The lowest BCUT2D eigenvalue weighted by Crippen LogP contribution is -2.19. The van der Waals surface area contributed by atoms with Gasteiger partial charge in [-0.2, -0.15) is 0 Å². The molecule has 66 valence electrons. The monoisotopic (exact) mass is 170 g/mol. The van der Waals surface area contributed by atoms with Crippen LogP contribution in [0.4, 0.5) is 4.79 Å². The highest BCUT2D eigenvalue weighted by atomic mass is 16.4. The zero-order valence-electron chi connectivity index (χ0n) is 6.41. The third kappa shape index (κ3) is 2.28. The summed E-state index contributed by atoms with van der Waals surface area (Å²) < 4.78 is 5.13. The normalized spacial score (nSPS) is 9.75. The summed E-state index contributed by atoms with van der Waals surface area (Å²) in [5, 5.41) is 10.4. The van der Waals surface area contributed by atoms with Crippen LogP contribution in [-0.4, -0.2) is 11.2 Å². The summed E-state index contributed by atoms with van der Waals surface area (Å²) >= 11 is 0. The molecule has 0 saturated heterocycles. The van der Waals surface area contributed by atoms with Crippen molar-refractivity contribution in [2.24, 2.45) is 5.73 Å². The van der Waals surface area contributed by atoms with Crippen molar-refractivity contribution >= 4 is 6.09 Å². The number of nitrogens with two attached hydrogens (primary N) is 1. The van der Waals surface area contributed by atoms with Crippen LogP contribution in [0.2, 0.25) is 0 Å². The van der Waals surface area contributed by atoms with E-state index in [1.54, 1.807) is 12.1 Å². The summed E-state index contributed by atoms with van der Waals surface area (Å²) in [7, 11) is 0. The molecule has 5 nitrogen and oxygen atoms in total. The number of rotatable bonds is 3.